The zero-order valence-corrected chi connectivity index (χ0v) is 20.4. The fourth-order valence-electron chi connectivity index (χ4n) is 3.72. The van der Waals surface area contributed by atoms with Crippen LogP contribution in [0.15, 0.2) is 65.9 Å². The molecule has 2 atom stereocenters. The molecule has 2 aliphatic rings. The normalized spacial score (nSPS) is 19.5. The fraction of sp³-hybridized carbons (Fsp3) is 0.292. The number of hydrogen-bond acceptors (Lipinski definition) is 6. The van der Waals surface area contributed by atoms with Gasteiger partial charge < -0.3 is 14.8 Å². The van der Waals surface area contributed by atoms with Gasteiger partial charge in [-0.2, -0.15) is 0 Å². The summed E-state index contributed by atoms with van der Waals surface area (Å²) in [7, 11) is 1.59. The van der Waals surface area contributed by atoms with Crippen LogP contribution in [0.4, 0.5) is 0 Å². The van der Waals surface area contributed by atoms with Gasteiger partial charge in [-0.1, -0.05) is 58.4 Å². The van der Waals surface area contributed by atoms with Crippen molar-refractivity contribution in [3.05, 3.63) is 77.0 Å². The molecule has 2 aliphatic heterocycles. The second-order valence-electron chi connectivity index (χ2n) is 7.63. The molecule has 0 saturated carbocycles. The van der Waals surface area contributed by atoms with Crippen LogP contribution in [0.1, 0.15) is 11.1 Å². The molecule has 2 aromatic rings. The number of fused-ring (bicyclic) bond motifs is 1. The number of halogens is 1. The number of rotatable bonds is 8. The number of nitrogens with zero attached hydrogens (tertiary/aromatic N) is 1. The lowest BCUT2D eigenvalue weighted by molar-refractivity contribution is -0.153. The van der Waals surface area contributed by atoms with E-state index in [9.17, 15) is 14.4 Å². The Labute approximate surface area is 204 Å². The van der Waals surface area contributed by atoms with Crippen molar-refractivity contribution in [1.82, 2.24) is 10.2 Å². The van der Waals surface area contributed by atoms with Gasteiger partial charge >= 0.3 is 5.97 Å². The molecule has 1 saturated heterocycles. The molecule has 0 aromatic heterocycles. The third-order valence-corrected chi connectivity index (χ3v) is 7.47. The molecule has 2 aromatic carbocycles. The van der Waals surface area contributed by atoms with Gasteiger partial charge in [0.05, 0.1) is 13.5 Å². The van der Waals surface area contributed by atoms with E-state index >= 15 is 0 Å². The summed E-state index contributed by atoms with van der Waals surface area (Å²) in [5.41, 5.74) is 2.74. The van der Waals surface area contributed by atoms with Crippen LogP contribution in [0.2, 0.25) is 0 Å². The highest BCUT2D eigenvalue weighted by Crippen LogP contribution is 2.41. The van der Waals surface area contributed by atoms with E-state index in [-0.39, 0.29) is 35.9 Å². The third-order valence-electron chi connectivity index (χ3n) is 5.45. The minimum atomic E-state index is -0.660. The number of hydrogen-bond donors (Lipinski definition) is 1. The predicted molar refractivity (Wildman–Crippen MR) is 129 cm³/mol. The topological polar surface area (TPSA) is 84.9 Å². The quantitative estimate of drug-likeness (QED) is 0.320. The standard InChI is InChI=1S/C24H23BrN2O5S/c1-31-18-9-7-16(8-10-18)13-32-24(30)21-17(12-25)14-33-23-20(22(29)27(21)23)26-19(28)11-15-5-3-2-4-6-15/h2-10,20,23H,11-14H2,1H3,(H,26,28)/t20-,23+/m1/s1. The first-order chi connectivity index (χ1) is 16.0. The number of nitrogens with one attached hydrogen (secondary N) is 1. The number of alkyl halides is 1. The lowest BCUT2D eigenvalue weighted by atomic mass is 10.0. The van der Waals surface area contributed by atoms with E-state index in [2.05, 4.69) is 21.2 Å². The van der Waals surface area contributed by atoms with Crippen LogP contribution < -0.4 is 10.1 Å². The zero-order chi connectivity index (χ0) is 23.4. The molecule has 0 radical (unpaired) electrons. The van der Waals surface area contributed by atoms with Crippen LogP contribution in [0, 0.1) is 0 Å². The van der Waals surface area contributed by atoms with Crippen LogP contribution >= 0.6 is 27.7 Å². The molecule has 9 heteroatoms. The number of carbonyl (C=O) groups excluding carboxylic acids is 3. The Balaban J connectivity index is 1.41. The van der Waals surface area contributed by atoms with Gasteiger partial charge in [0.25, 0.3) is 5.91 Å². The second-order valence-corrected chi connectivity index (χ2v) is 9.29. The summed E-state index contributed by atoms with van der Waals surface area (Å²) in [5, 5.41) is 2.95. The molecule has 4 rings (SSSR count). The molecule has 172 valence electrons. The number of ether oxygens (including phenoxy) is 2. The van der Waals surface area contributed by atoms with E-state index in [0.717, 1.165) is 16.7 Å². The van der Waals surface area contributed by atoms with Crippen LogP contribution in [0.3, 0.4) is 0 Å². The minimum absolute atomic E-state index is 0.0823. The van der Waals surface area contributed by atoms with E-state index in [1.54, 1.807) is 19.2 Å². The largest absolute Gasteiger partial charge is 0.497 e. The number of amides is 2. The zero-order valence-electron chi connectivity index (χ0n) is 18.0. The Hall–Kier alpha value is -2.78. The van der Waals surface area contributed by atoms with Crippen molar-refractivity contribution in [2.24, 2.45) is 0 Å². The van der Waals surface area contributed by atoms with Crippen molar-refractivity contribution in [1.29, 1.82) is 0 Å². The van der Waals surface area contributed by atoms with E-state index in [1.165, 1.54) is 16.7 Å². The van der Waals surface area contributed by atoms with E-state index in [1.807, 2.05) is 42.5 Å². The summed E-state index contributed by atoms with van der Waals surface area (Å²) in [5.74, 6) is 0.209. The maximum atomic E-state index is 13.0. The van der Waals surface area contributed by atoms with E-state index < -0.39 is 12.0 Å². The lowest BCUT2D eigenvalue weighted by Gasteiger charge is -2.49. The highest BCUT2D eigenvalue weighted by Gasteiger charge is 2.54. The van der Waals surface area contributed by atoms with E-state index in [0.29, 0.717) is 16.8 Å². The summed E-state index contributed by atoms with van der Waals surface area (Å²) in [6.45, 7) is 0.0823. The summed E-state index contributed by atoms with van der Waals surface area (Å²) in [6.07, 6.45) is 0.196. The third kappa shape index (κ3) is 5.09. The molecule has 0 bridgehead atoms. The van der Waals surface area contributed by atoms with Crippen molar-refractivity contribution in [2.45, 2.75) is 24.4 Å². The van der Waals surface area contributed by atoms with Crippen LogP contribution in [0.25, 0.3) is 0 Å². The van der Waals surface area contributed by atoms with Crippen molar-refractivity contribution in [3.8, 4) is 5.75 Å². The van der Waals surface area contributed by atoms with Gasteiger partial charge in [0.1, 0.15) is 29.5 Å². The SMILES string of the molecule is COc1ccc(COC(=O)C2=C(CBr)CS[C@H]3[C@H](NC(=O)Cc4ccccc4)C(=O)N23)cc1. The number of benzene rings is 2. The maximum Gasteiger partial charge on any atom is 0.355 e. The molecule has 33 heavy (non-hydrogen) atoms. The molecule has 1 fully saturated rings. The van der Waals surface area contributed by atoms with Gasteiger partial charge in [-0.25, -0.2) is 4.79 Å². The smallest absolute Gasteiger partial charge is 0.355 e. The summed E-state index contributed by atoms with van der Waals surface area (Å²) >= 11 is 4.94. The fourth-order valence-corrected chi connectivity index (χ4v) is 5.79. The van der Waals surface area contributed by atoms with Crippen LogP contribution in [0.5, 0.6) is 5.75 Å². The number of methoxy groups -OCH3 is 1. The van der Waals surface area contributed by atoms with Crippen molar-refractivity contribution < 1.29 is 23.9 Å². The van der Waals surface area contributed by atoms with Gasteiger partial charge in [0.2, 0.25) is 5.91 Å². The minimum Gasteiger partial charge on any atom is -0.497 e. The highest BCUT2D eigenvalue weighted by atomic mass is 79.9. The first-order valence-electron chi connectivity index (χ1n) is 10.4. The lowest BCUT2D eigenvalue weighted by Crippen LogP contribution is -2.70. The van der Waals surface area contributed by atoms with Gasteiger partial charge in [-0.05, 0) is 28.8 Å². The molecule has 1 N–H and O–H groups in total. The Morgan fingerprint density at radius 2 is 1.85 bits per heavy atom. The first kappa shape index (κ1) is 23.4. The highest BCUT2D eigenvalue weighted by molar-refractivity contribution is 9.09. The van der Waals surface area contributed by atoms with Crippen molar-refractivity contribution in [3.63, 3.8) is 0 Å². The molecule has 7 nitrogen and oxygen atoms in total. The molecule has 0 unspecified atom stereocenters. The molecule has 0 aliphatic carbocycles. The van der Waals surface area contributed by atoms with E-state index in [4.69, 9.17) is 9.47 Å². The molecule has 2 amide bonds. The number of esters is 1. The number of carbonyl (C=O) groups is 3. The molecular weight excluding hydrogens is 508 g/mol. The van der Waals surface area contributed by atoms with Crippen molar-refractivity contribution in [2.75, 3.05) is 18.2 Å². The predicted octanol–water partition coefficient (Wildman–Crippen LogP) is 3.03. The Bertz CT molecular complexity index is 1070. The Morgan fingerprint density at radius 3 is 2.52 bits per heavy atom. The van der Waals surface area contributed by atoms with Gasteiger partial charge in [-0.15, -0.1) is 11.8 Å². The second kappa shape index (κ2) is 10.4. The van der Waals surface area contributed by atoms with Gasteiger partial charge in [0.15, 0.2) is 0 Å². The average molecular weight is 531 g/mol. The summed E-state index contributed by atoms with van der Waals surface area (Å²) < 4.78 is 10.7. The van der Waals surface area contributed by atoms with Crippen molar-refractivity contribution >= 4 is 45.5 Å². The number of thioether (sulfide) groups is 1. The Morgan fingerprint density at radius 1 is 1.12 bits per heavy atom. The van der Waals surface area contributed by atoms with Gasteiger partial charge in [0, 0.05) is 11.1 Å². The average Bonchev–Trinajstić information content (AvgIpc) is 2.85. The maximum absolute atomic E-state index is 13.0. The number of β-lactam (4-membered cyclic amide) rings is 1. The molecule has 0 spiro atoms. The Kier molecular flexibility index (Phi) is 7.39. The molecule has 2 heterocycles. The summed E-state index contributed by atoms with van der Waals surface area (Å²) in [6, 6.07) is 15.9. The summed E-state index contributed by atoms with van der Waals surface area (Å²) in [4.78, 5) is 39.8. The van der Waals surface area contributed by atoms with Crippen LogP contribution in [-0.4, -0.2) is 52.3 Å². The molecular formula is C24H23BrN2O5S. The van der Waals surface area contributed by atoms with Crippen LogP contribution in [-0.2, 0) is 32.1 Å². The monoisotopic (exact) mass is 530 g/mol. The van der Waals surface area contributed by atoms with Gasteiger partial charge in [-0.3, -0.25) is 14.5 Å². The first-order valence-corrected chi connectivity index (χ1v) is 12.5.